The van der Waals surface area contributed by atoms with E-state index in [1.807, 2.05) is 24.3 Å². The van der Waals surface area contributed by atoms with Crippen LogP contribution in [0.4, 0.5) is 0 Å². The molecule has 0 aliphatic heterocycles. The first-order valence-corrected chi connectivity index (χ1v) is 6.42. The van der Waals surface area contributed by atoms with Crippen LogP contribution >= 0.6 is 0 Å². The number of ketones is 1. The molecule has 1 aliphatic rings. The summed E-state index contributed by atoms with van der Waals surface area (Å²) in [7, 11) is 0. The summed E-state index contributed by atoms with van der Waals surface area (Å²) in [6, 6.07) is 7.60. The van der Waals surface area contributed by atoms with E-state index in [9.17, 15) is 9.59 Å². The fraction of sp³-hybridized carbons (Fsp3) is 0.467. The van der Waals surface area contributed by atoms with Crippen LogP contribution in [0.5, 0.6) is 0 Å². The Morgan fingerprint density at radius 1 is 1.42 bits per heavy atom. The second-order valence-corrected chi connectivity index (χ2v) is 5.06. The Hall–Kier alpha value is -0.640. The topological polar surface area (TPSA) is 54.4 Å². The monoisotopic (exact) mass is 270 g/mol. The second kappa shape index (κ2) is 7.22. The van der Waals surface area contributed by atoms with Crippen molar-refractivity contribution in [2.45, 2.75) is 38.5 Å². The van der Waals surface area contributed by atoms with E-state index in [-0.39, 0.29) is 36.9 Å². The maximum absolute atomic E-state index is 11.6. The van der Waals surface area contributed by atoms with Gasteiger partial charge in [-0.15, -0.1) is 0 Å². The molecule has 1 aliphatic carbocycles. The molecule has 2 unspecified atom stereocenters. The van der Waals surface area contributed by atoms with Gasteiger partial charge in [0, 0.05) is 12.3 Å². The fourth-order valence-electron chi connectivity index (χ4n) is 2.47. The quantitative estimate of drug-likeness (QED) is 0.778. The van der Waals surface area contributed by atoms with E-state index in [1.165, 1.54) is 0 Å². The van der Waals surface area contributed by atoms with Crippen LogP contribution in [0.25, 0.3) is 0 Å². The summed E-state index contributed by atoms with van der Waals surface area (Å²) in [5.41, 5.74) is 1.93. The van der Waals surface area contributed by atoms with Crippen LogP contribution in [0.3, 0.4) is 0 Å². The van der Waals surface area contributed by atoms with E-state index < -0.39 is 11.9 Å². The number of carbonyl (C=O) groups excluding carboxylic acids is 1. The summed E-state index contributed by atoms with van der Waals surface area (Å²) in [6.45, 7) is 1.68. The van der Waals surface area contributed by atoms with Gasteiger partial charge in [-0.3, -0.25) is 9.59 Å². The first-order valence-electron chi connectivity index (χ1n) is 6.42. The van der Waals surface area contributed by atoms with Crippen molar-refractivity contribution in [3.63, 3.8) is 0 Å². The molecule has 0 heterocycles. The molecule has 1 aromatic rings. The third kappa shape index (κ3) is 4.16. The van der Waals surface area contributed by atoms with Crippen LogP contribution < -0.4 is 29.6 Å². The van der Waals surface area contributed by atoms with Gasteiger partial charge in [0.2, 0.25) is 0 Å². The number of carboxylic acids is 1. The van der Waals surface area contributed by atoms with Gasteiger partial charge in [0.15, 0.2) is 0 Å². The molecule has 0 amide bonds. The summed E-state index contributed by atoms with van der Waals surface area (Å²) in [5.74, 6) is -0.744. The van der Waals surface area contributed by atoms with E-state index in [2.05, 4.69) is 0 Å². The smallest absolute Gasteiger partial charge is 1.00 e. The van der Waals surface area contributed by atoms with Crippen LogP contribution in [0.15, 0.2) is 24.3 Å². The van der Waals surface area contributed by atoms with Crippen LogP contribution in [-0.4, -0.2) is 16.9 Å². The van der Waals surface area contributed by atoms with E-state index in [1.54, 1.807) is 6.92 Å². The number of aliphatic carboxylic acids is 1. The van der Waals surface area contributed by atoms with Crippen molar-refractivity contribution < 1.29 is 45.7 Å². The van der Waals surface area contributed by atoms with E-state index in [4.69, 9.17) is 5.11 Å². The Balaban J connectivity index is 0.00000180. The summed E-state index contributed by atoms with van der Waals surface area (Å²) >= 11 is 0. The van der Waals surface area contributed by atoms with Crippen molar-refractivity contribution in [1.29, 1.82) is 0 Å². The molecule has 4 heteroatoms. The Bertz CT molecular complexity index is 459. The standard InChI is InChI=1S/C15H18O3.Na.H/c1-10(15(17)18)12-7-5-11(6-8-12)9-13-3-2-4-14(13)16;;/h5-8,10,13H,2-4,9H2,1H3,(H,17,18);;/q;+1;-1. The van der Waals surface area contributed by atoms with Gasteiger partial charge in [0.1, 0.15) is 5.78 Å². The molecule has 19 heavy (non-hydrogen) atoms. The maximum Gasteiger partial charge on any atom is 1.00 e. The zero-order valence-corrected chi connectivity index (χ0v) is 13.6. The summed E-state index contributed by atoms with van der Waals surface area (Å²) in [4.78, 5) is 22.4. The van der Waals surface area contributed by atoms with Crippen molar-refractivity contribution >= 4 is 11.8 Å². The van der Waals surface area contributed by atoms with Crippen molar-refractivity contribution in [2.75, 3.05) is 0 Å². The normalized spacial score (nSPS) is 19.8. The molecule has 98 valence electrons. The average molecular weight is 270 g/mol. The van der Waals surface area contributed by atoms with Gasteiger partial charge >= 0.3 is 35.5 Å². The predicted molar refractivity (Wildman–Crippen MR) is 69.7 cm³/mol. The number of carboxylic acid groups (broad SMARTS) is 1. The van der Waals surface area contributed by atoms with Crippen LogP contribution in [0.1, 0.15) is 44.7 Å². The Morgan fingerprint density at radius 3 is 2.53 bits per heavy atom. The SMILES string of the molecule is CC(C(=O)O)c1ccc(CC2CCCC2=O)cc1.[H-].[Na+]. The molecule has 1 saturated carbocycles. The van der Waals surface area contributed by atoms with Gasteiger partial charge in [0.05, 0.1) is 5.92 Å². The summed E-state index contributed by atoms with van der Waals surface area (Å²) in [6.07, 6.45) is 3.52. The van der Waals surface area contributed by atoms with Gasteiger partial charge in [-0.1, -0.05) is 24.3 Å². The molecule has 0 aromatic heterocycles. The van der Waals surface area contributed by atoms with Crippen LogP contribution in [0, 0.1) is 5.92 Å². The predicted octanol–water partition coefficient (Wildman–Crippen LogP) is -0.0971. The van der Waals surface area contributed by atoms with Gasteiger partial charge in [-0.2, -0.15) is 0 Å². The van der Waals surface area contributed by atoms with E-state index in [0.717, 1.165) is 36.8 Å². The summed E-state index contributed by atoms with van der Waals surface area (Å²) < 4.78 is 0. The van der Waals surface area contributed by atoms with Gasteiger partial charge in [-0.05, 0) is 37.3 Å². The Labute approximate surface area is 137 Å². The largest absolute Gasteiger partial charge is 1.00 e. The molecule has 1 aromatic carbocycles. The molecule has 0 saturated heterocycles. The average Bonchev–Trinajstić information content (AvgIpc) is 2.75. The molecular formula is C15H19NaO3. The fourth-order valence-corrected chi connectivity index (χ4v) is 2.47. The minimum absolute atomic E-state index is 0. The van der Waals surface area contributed by atoms with Crippen molar-refractivity contribution in [2.24, 2.45) is 5.92 Å². The third-order valence-electron chi connectivity index (χ3n) is 3.76. The Morgan fingerprint density at radius 2 is 2.05 bits per heavy atom. The molecule has 1 fully saturated rings. The first-order chi connectivity index (χ1) is 8.58. The molecule has 0 radical (unpaired) electrons. The van der Waals surface area contributed by atoms with Crippen LogP contribution in [0.2, 0.25) is 0 Å². The maximum atomic E-state index is 11.6. The van der Waals surface area contributed by atoms with E-state index in [0.29, 0.717) is 5.78 Å². The number of hydrogen-bond donors (Lipinski definition) is 1. The van der Waals surface area contributed by atoms with Crippen LogP contribution in [-0.2, 0) is 16.0 Å². The number of rotatable bonds is 4. The van der Waals surface area contributed by atoms with Crippen molar-refractivity contribution in [1.82, 2.24) is 0 Å². The molecule has 3 nitrogen and oxygen atoms in total. The summed E-state index contributed by atoms with van der Waals surface area (Å²) in [5, 5.41) is 8.92. The van der Waals surface area contributed by atoms with Crippen molar-refractivity contribution in [3.8, 4) is 0 Å². The molecule has 2 rings (SSSR count). The molecule has 0 spiro atoms. The number of benzene rings is 1. The van der Waals surface area contributed by atoms with Gasteiger partial charge < -0.3 is 6.53 Å². The van der Waals surface area contributed by atoms with Gasteiger partial charge in [0.25, 0.3) is 0 Å². The zero-order chi connectivity index (χ0) is 13.1. The van der Waals surface area contributed by atoms with Crippen molar-refractivity contribution in [3.05, 3.63) is 35.4 Å². The third-order valence-corrected chi connectivity index (χ3v) is 3.76. The van der Waals surface area contributed by atoms with E-state index >= 15 is 0 Å². The first kappa shape index (κ1) is 16.4. The number of carbonyl (C=O) groups is 2. The molecule has 1 N–H and O–H groups in total. The second-order valence-electron chi connectivity index (χ2n) is 5.06. The van der Waals surface area contributed by atoms with Gasteiger partial charge in [-0.25, -0.2) is 0 Å². The minimum Gasteiger partial charge on any atom is -1.00 e. The minimum atomic E-state index is -0.811. The number of hydrogen-bond acceptors (Lipinski definition) is 2. The Kier molecular flexibility index (Phi) is 6.24. The zero-order valence-electron chi connectivity index (χ0n) is 12.6. The molecule has 2 atom stereocenters. The number of Topliss-reactive ketones (excluding diaryl/α,β-unsaturated/α-hetero) is 1. The molecule has 0 bridgehead atoms. The molecular weight excluding hydrogens is 251 g/mol.